The van der Waals surface area contributed by atoms with Gasteiger partial charge in [0.2, 0.25) is 0 Å². The number of piperidine rings is 1. The highest BCUT2D eigenvalue weighted by Gasteiger charge is 2.45. The lowest BCUT2D eigenvalue weighted by Gasteiger charge is -2.53. The molecule has 0 amide bonds. The van der Waals surface area contributed by atoms with Crippen molar-refractivity contribution in [2.24, 2.45) is 22.7 Å². The van der Waals surface area contributed by atoms with Gasteiger partial charge in [-0.05, 0) is 101 Å². The summed E-state index contributed by atoms with van der Waals surface area (Å²) < 4.78 is 16.1. The van der Waals surface area contributed by atoms with Crippen molar-refractivity contribution in [1.82, 2.24) is 4.90 Å². The Balaban J connectivity index is -0.000000729. The maximum Gasteiger partial charge on any atom is 0.311 e. The van der Waals surface area contributed by atoms with Crippen molar-refractivity contribution in [1.29, 1.82) is 0 Å². The topological polar surface area (TPSA) is 119 Å². The molecule has 1 saturated heterocycles. The molecule has 340 valence electrons. The first-order valence-electron chi connectivity index (χ1n) is 22.9. The molecule has 2 atom stereocenters. The monoisotopic (exact) mass is 814 g/mol. The molecule has 0 spiro atoms. The lowest BCUT2D eigenvalue weighted by Crippen LogP contribution is -2.60. The van der Waals surface area contributed by atoms with Gasteiger partial charge in [0.05, 0.1) is 35.9 Å². The van der Waals surface area contributed by atoms with Gasteiger partial charge in [0.25, 0.3) is 0 Å². The Hall–Kier alpha value is -2.16. The van der Waals surface area contributed by atoms with Crippen LogP contribution in [0.15, 0.2) is 0 Å². The summed E-state index contributed by atoms with van der Waals surface area (Å²) in [7, 11) is 2.16. The molecule has 1 heterocycles. The number of nitrogens with zero attached hydrogens (tertiary/aromatic N) is 1. The van der Waals surface area contributed by atoms with Crippen molar-refractivity contribution in [3.63, 3.8) is 0 Å². The van der Waals surface area contributed by atoms with Gasteiger partial charge in [-0.1, -0.05) is 120 Å². The van der Waals surface area contributed by atoms with Crippen LogP contribution in [-0.2, 0) is 33.4 Å². The molecule has 0 bridgehead atoms. The van der Waals surface area contributed by atoms with E-state index in [1.54, 1.807) is 6.92 Å². The van der Waals surface area contributed by atoms with Gasteiger partial charge in [-0.3, -0.25) is 24.1 Å². The smallest absolute Gasteiger partial charge is 0.311 e. The van der Waals surface area contributed by atoms with E-state index in [0.29, 0.717) is 13.2 Å². The van der Waals surface area contributed by atoms with Crippen LogP contribution in [0, 0.1) is 22.7 Å². The van der Waals surface area contributed by atoms with Gasteiger partial charge < -0.3 is 19.3 Å². The van der Waals surface area contributed by atoms with Crippen LogP contribution in [-0.4, -0.2) is 71.3 Å². The fraction of sp³-hybridized carbons (Fsp3) is 0.917. The van der Waals surface area contributed by atoms with E-state index in [0.717, 1.165) is 57.8 Å². The Morgan fingerprint density at radius 1 is 0.614 bits per heavy atom. The van der Waals surface area contributed by atoms with Gasteiger partial charge >= 0.3 is 23.9 Å². The molecule has 0 aromatic heterocycles. The predicted molar refractivity (Wildman–Crippen MR) is 238 cm³/mol. The van der Waals surface area contributed by atoms with E-state index >= 15 is 0 Å². The van der Waals surface area contributed by atoms with Crippen LogP contribution in [0.25, 0.3) is 0 Å². The van der Waals surface area contributed by atoms with E-state index in [2.05, 4.69) is 53.5 Å². The number of carbonyl (C=O) groups excluding carboxylic acids is 3. The van der Waals surface area contributed by atoms with E-state index in [1.165, 1.54) is 57.8 Å². The number of hydrogen-bond donors (Lipinski definition) is 1. The molecule has 1 N–H and O–H groups in total. The molecule has 9 nitrogen and oxygen atoms in total. The lowest BCUT2D eigenvalue weighted by atomic mass is 9.78. The van der Waals surface area contributed by atoms with E-state index in [9.17, 15) is 19.2 Å². The van der Waals surface area contributed by atoms with Gasteiger partial charge in [-0.2, -0.15) is 0 Å². The van der Waals surface area contributed by atoms with Crippen LogP contribution >= 0.6 is 0 Å². The number of carboxylic acids is 1. The average molecular weight is 814 g/mol. The first-order valence-corrected chi connectivity index (χ1v) is 22.9. The Morgan fingerprint density at radius 3 is 1.37 bits per heavy atom. The second-order valence-electron chi connectivity index (χ2n) is 18.9. The number of unbranched alkanes of at least 4 members (excludes halogenated alkanes) is 10. The summed E-state index contributed by atoms with van der Waals surface area (Å²) in [4.78, 5) is 47.3. The second-order valence-corrected chi connectivity index (χ2v) is 18.9. The Morgan fingerprint density at radius 2 is 1.00 bits per heavy atom. The normalized spacial score (nSPS) is 16.2. The molecule has 1 fully saturated rings. The van der Waals surface area contributed by atoms with Crippen LogP contribution < -0.4 is 0 Å². The highest BCUT2D eigenvalue weighted by molar-refractivity contribution is 5.76. The minimum Gasteiger partial charge on any atom is -0.481 e. The quantitative estimate of drug-likeness (QED) is 0.0611. The number of carboxylic acid groups (broad SMARTS) is 1. The average Bonchev–Trinajstić information content (AvgIpc) is 3.15. The Kier molecular flexibility index (Phi) is 32.9. The predicted octanol–water partition coefficient (Wildman–Crippen LogP) is 13.0. The van der Waals surface area contributed by atoms with Crippen LogP contribution in [0.4, 0.5) is 0 Å². The SMILES string of the molecule is CCC(C)(C)C(=O)OC1CC(C)(C)N(C)C(C)(C)C1.CCC(C)C(=O)O.CCCCCCCCCCCCOC(=O)C(C)(C)CC.CCCCOC(=O)C(C)CC. The molecule has 2 unspecified atom stereocenters. The van der Waals surface area contributed by atoms with Gasteiger partial charge in [0.15, 0.2) is 0 Å². The Bertz CT molecular complexity index is 1050. The molecule has 0 aromatic rings. The van der Waals surface area contributed by atoms with Crippen molar-refractivity contribution < 1.29 is 38.5 Å². The molecule has 0 aromatic carbocycles. The first kappa shape index (κ1) is 59.2. The number of ether oxygens (including phenoxy) is 3. The van der Waals surface area contributed by atoms with Crippen molar-refractivity contribution in [2.45, 2.75) is 244 Å². The summed E-state index contributed by atoms with van der Waals surface area (Å²) in [6.07, 6.45) is 20.2. The zero-order valence-corrected chi connectivity index (χ0v) is 40.6. The van der Waals surface area contributed by atoms with E-state index in [-0.39, 0.29) is 57.8 Å². The van der Waals surface area contributed by atoms with Gasteiger partial charge in [-0.15, -0.1) is 0 Å². The molecule has 9 heteroatoms. The van der Waals surface area contributed by atoms with Crippen molar-refractivity contribution >= 4 is 23.9 Å². The zero-order valence-electron chi connectivity index (χ0n) is 40.6. The van der Waals surface area contributed by atoms with Crippen LogP contribution in [0.3, 0.4) is 0 Å². The molecule has 1 aliphatic rings. The minimum absolute atomic E-state index is 0.0273. The number of esters is 3. The summed E-state index contributed by atoms with van der Waals surface area (Å²) in [6, 6.07) is 0. The van der Waals surface area contributed by atoms with Gasteiger partial charge in [0.1, 0.15) is 6.10 Å². The van der Waals surface area contributed by atoms with E-state index < -0.39 is 5.97 Å². The third-order valence-electron chi connectivity index (χ3n) is 11.9. The second kappa shape index (κ2) is 31.7. The summed E-state index contributed by atoms with van der Waals surface area (Å²) in [5, 5.41) is 8.18. The molecule has 1 rings (SSSR count). The molecular weight excluding hydrogens is 719 g/mol. The Labute approximate surface area is 352 Å². The lowest BCUT2D eigenvalue weighted by molar-refractivity contribution is -0.169. The molecule has 1 aliphatic heterocycles. The first-order chi connectivity index (χ1) is 26.4. The van der Waals surface area contributed by atoms with Crippen molar-refractivity contribution in [3.05, 3.63) is 0 Å². The summed E-state index contributed by atoms with van der Waals surface area (Å²) in [5.41, 5.74) is -0.581. The number of rotatable bonds is 23. The summed E-state index contributed by atoms with van der Waals surface area (Å²) in [5.74, 6) is -0.984. The summed E-state index contributed by atoms with van der Waals surface area (Å²) in [6.45, 7) is 33.7. The number of likely N-dealkylation sites (tertiary alicyclic amines) is 1. The van der Waals surface area contributed by atoms with Crippen LogP contribution in [0.2, 0.25) is 0 Å². The molecule has 57 heavy (non-hydrogen) atoms. The van der Waals surface area contributed by atoms with E-state index in [4.69, 9.17) is 19.3 Å². The van der Waals surface area contributed by atoms with Crippen molar-refractivity contribution in [2.75, 3.05) is 20.3 Å². The van der Waals surface area contributed by atoms with Gasteiger partial charge in [-0.25, -0.2) is 0 Å². The largest absolute Gasteiger partial charge is 0.481 e. The highest BCUT2D eigenvalue weighted by atomic mass is 16.5. The molecule has 0 saturated carbocycles. The summed E-state index contributed by atoms with van der Waals surface area (Å²) >= 11 is 0. The molecular formula is C48H95NO8. The van der Waals surface area contributed by atoms with Gasteiger partial charge in [0, 0.05) is 23.9 Å². The number of carbonyl (C=O) groups is 4. The minimum atomic E-state index is -0.706. The maximum atomic E-state index is 12.2. The fourth-order valence-electron chi connectivity index (χ4n) is 5.71. The standard InChI is InChI=1S/C18H36O2.C16H31NO2.C9H18O2.C5H10O2/c1-5-7-8-9-10-11-12-13-14-15-16-20-17(19)18(3,4)6-2;1-9-14(2,3)13(18)19-12-10-15(4,5)17(8)16(6,7)11-12;1-4-6-7-11-9(10)8(3)5-2;1-3-4(2)5(6)7/h5-16H2,1-4H3;12H,9-11H2,1-8H3;8H,4-7H2,1-3H3;4H,3H2,1-2H3,(H,6,7). The van der Waals surface area contributed by atoms with Crippen molar-refractivity contribution in [3.8, 4) is 0 Å². The zero-order chi connectivity index (χ0) is 44.9. The highest BCUT2D eigenvalue weighted by Crippen LogP contribution is 2.39. The third kappa shape index (κ3) is 28.0. The molecule has 0 aliphatic carbocycles. The molecule has 0 radical (unpaired) electrons. The van der Waals surface area contributed by atoms with E-state index in [1.807, 2.05) is 62.3 Å². The fourth-order valence-corrected chi connectivity index (χ4v) is 5.71. The van der Waals surface area contributed by atoms with Crippen LogP contribution in [0.1, 0.15) is 226 Å². The van der Waals surface area contributed by atoms with Crippen LogP contribution in [0.5, 0.6) is 0 Å². The maximum absolute atomic E-state index is 12.2. The number of aliphatic carboxylic acids is 1. The number of hydrogen-bond acceptors (Lipinski definition) is 8. The third-order valence-corrected chi connectivity index (χ3v) is 11.9.